The van der Waals surface area contributed by atoms with Crippen LogP contribution < -0.4 is 10.6 Å². The molecule has 140 valence electrons. The lowest BCUT2D eigenvalue weighted by molar-refractivity contribution is -0.117. The van der Waals surface area contributed by atoms with Crippen molar-refractivity contribution in [1.82, 2.24) is 25.4 Å². The maximum Gasteiger partial charge on any atom is 0.321 e. The molecule has 2 heterocycles. The number of amides is 3. The summed E-state index contributed by atoms with van der Waals surface area (Å²) in [7, 11) is 0. The van der Waals surface area contributed by atoms with Crippen molar-refractivity contribution in [2.75, 3.05) is 12.3 Å². The second kappa shape index (κ2) is 9.33. The van der Waals surface area contributed by atoms with Crippen LogP contribution in [0.5, 0.6) is 0 Å². The molecule has 1 aromatic carbocycles. The first-order valence-electron chi connectivity index (χ1n) is 8.32. The Morgan fingerprint density at radius 3 is 2.85 bits per heavy atom. The first kappa shape index (κ1) is 19.1. The van der Waals surface area contributed by atoms with Gasteiger partial charge in [0.25, 0.3) is 0 Å². The third-order valence-corrected chi connectivity index (χ3v) is 5.59. The van der Waals surface area contributed by atoms with E-state index in [-0.39, 0.29) is 11.7 Å². The van der Waals surface area contributed by atoms with Gasteiger partial charge in [0.2, 0.25) is 5.91 Å². The van der Waals surface area contributed by atoms with Crippen LogP contribution in [0.25, 0.3) is 5.69 Å². The summed E-state index contributed by atoms with van der Waals surface area (Å²) in [6.07, 6.45) is 2.35. The van der Waals surface area contributed by atoms with Gasteiger partial charge in [-0.2, -0.15) is 0 Å². The van der Waals surface area contributed by atoms with E-state index >= 15 is 0 Å². The Morgan fingerprint density at radius 2 is 2.07 bits per heavy atom. The molecule has 0 aliphatic carbocycles. The minimum absolute atomic E-state index is 0.0723. The number of hydrogen-bond acceptors (Lipinski definition) is 6. The lowest BCUT2D eigenvalue weighted by atomic mass is 10.2. The largest absolute Gasteiger partial charge is 0.337 e. The molecule has 0 fully saturated rings. The van der Waals surface area contributed by atoms with Crippen LogP contribution in [0.2, 0.25) is 0 Å². The van der Waals surface area contributed by atoms with Crippen molar-refractivity contribution >= 4 is 35.0 Å². The number of imide groups is 1. The van der Waals surface area contributed by atoms with Crippen molar-refractivity contribution in [3.8, 4) is 5.69 Å². The van der Waals surface area contributed by atoms with Crippen LogP contribution in [-0.2, 0) is 11.2 Å². The quantitative estimate of drug-likeness (QED) is 0.594. The number of thiophene rings is 1. The molecular formula is C18H19N5O2S2. The van der Waals surface area contributed by atoms with Gasteiger partial charge < -0.3 is 5.32 Å². The van der Waals surface area contributed by atoms with Gasteiger partial charge in [-0.3, -0.25) is 14.7 Å². The standard InChI is InChI=1S/C18H19N5O2S2/c1-13-5-2-3-7-15(13)23-12-20-22-18(23)27-11-16(24)21-17(25)19-9-8-14-6-4-10-26-14/h2-7,10,12H,8-9,11H2,1H3,(H2,19,21,24,25). The topological polar surface area (TPSA) is 88.9 Å². The number of carbonyl (C=O) groups excluding carboxylic acids is 2. The van der Waals surface area contributed by atoms with Gasteiger partial charge in [0.1, 0.15) is 6.33 Å². The monoisotopic (exact) mass is 401 g/mol. The number of urea groups is 1. The third kappa shape index (κ3) is 5.41. The lowest BCUT2D eigenvalue weighted by Crippen LogP contribution is -2.41. The minimum atomic E-state index is -0.488. The molecule has 0 bridgehead atoms. The fraction of sp³-hybridized carbons (Fsp3) is 0.222. The molecule has 2 N–H and O–H groups in total. The zero-order valence-corrected chi connectivity index (χ0v) is 16.3. The number of nitrogens with zero attached hydrogens (tertiary/aromatic N) is 3. The van der Waals surface area contributed by atoms with Crippen molar-refractivity contribution in [1.29, 1.82) is 0 Å². The van der Waals surface area contributed by atoms with Crippen molar-refractivity contribution < 1.29 is 9.59 Å². The van der Waals surface area contributed by atoms with E-state index in [9.17, 15) is 9.59 Å². The van der Waals surface area contributed by atoms with Gasteiger partial charge in [-0.1, -0.05) is 36.0 Å². The van der Waals surface area contributed by atoms with Crippen LogP contribution in [0.3, 0.4) is 0 Å². The number of aromatic nitrogens is 3. The Bertz CT molecular complexity index is 908. The summed E-state index contributed by atoms with van der Waals surface area (Å²) in [5, 5.41) is 15.6. The van der Waals surface area contributed by atoms with Crippen LogP contribution in [0.15, 0.2) is 53.3 Å². The Kier molecular flexibility index (Phi) is 6.61. The fourth-order valence-electron chi connectivity index (χ4n) is 2.41. The Labute approximate surface area is 165 Å². The van der Waals surface area contributed by atoms with Crippen molar-refractivity contribution in [3.63, 3.8) is 0 Å². The summed E-state index contributed by atoms with van der Waals surface area (Å²) in [6, 6.07) is 11.3. The van der Waals surface area contributed by atoms with E-state index in [0.29, 0.717) is 11.7 Å². The molecule has 9 heteroatoms. The Morgan fingerprint density at radius 1 is 1.22 bits per heavy atom. The number of hydrogen-bond donors (Lipinski definition) is 2. The number of carbonyl (C=O) groups is 2. The van der Waals surface area contributed by atoms with Crippen LogP contribution >= 0.6 is 23.1 Å². The third-order valence-electron chi connectivity index (χ3n) is 3.71. The molecule has 3 amide bonds. The van der Waals surface area contributed by atoms with Crippen LogP contribution in [-0.4, -0.2) is 39.0 Å². The van der Waals surface area contributed by atoms with Crippen LogP contribution in [0.1, 0.15) is 10.4 Å². The van der Waals surface area contributed by atoms with Crippen molar-refractivity contribution in [2.45, 2.75) is 18.5 Å². The number of rotatable bonds is 7. The van der Waals surface area contributed by atoms with Gasteiger partial charge in [0, 0.05) is 11.4 Å². The highest BCUT2D eigenvalue weighted by Gasteiger charge is 2.13. The number of thioether (sulfide) groups is 1. The maximum absolute atomic E-state index is 12.0. The SMILES string of the molecule is Cc1ccccc1-n1cnnc1SCC(=O)NC(=O)NCCc1cccs1. The lowest BCUT2D eigenvalue weighted by Gasteiger charge is -2.09. The molecule has 3 aromatic rings. The van der Waals surface area contributed by atoms with Gasteiger partial charge in [-0.05, 0) is 36.4 Å². The zero-order chi connectivity index (χ0) is 19.1. The summed E-state index contributed by atoms with van der Waals surface area (Å²) < 4.78 is 1.83. The predicted molar refractivity (Wildman–Crippen MR) is 106 cm³/mol. The molecule has 27 heavy (non-hydrogen) atoms. The first-order chi connectivity index (χ1) is 13.1. The van der Waals surface area contributed by atoms with Gasteiger partial charge in [-0.25, -0.2) is 4.79 Å². The summed E-state index contributed by atoms with van der Waals surface area (Å²) in [4.78, 5) is 25.0. The molecule has 0 atom stereocenters. The highest BCUT2D eigenvalue weighted by atomic mass is 32.2. The first-order valence-corrected chi connectivity index (χ1v) is 10.2. The molecule has 0 saturated carbocycles. The average Bonchev–Trinajstić information content (AvgIpc) is 3.32. The van der Waals surface area contributed by atoms with Crippen LogP contribution in [0.4, 0.5) is 4.79 Å². The molecule has 3 rings (SSSR count). The number of para-hydroxylation sites is 1. The van der Waals surface area contributed by atoms with E-state index in [2.05, 4.69) is 20.8 Å². The van der Waals surface area contributed by atoms with Gasteiger partial charge >= 0.3 is 6.03 Å². The van der Waals surface area contributed by atoms with E-state index in [1.54, 1.807) is 17.7 Å². The maximum atomic E-state index is 12.0. The molecule has 0 aliphatic rings. The van der Waals surface area contributed by atoms with E-state index in [4.69, 9.17) is 0 Å². The van der Waals surface area contributed by atoms with Crippen LogP contribution in [0, 0.1) is 6.92 Å². The van der Waals surface area contributed by atoms with E-state index in [0.717, 1.165) is 17.7 Å². The Balaban J connectivity index is 1.46. The molecular weight excluding hydrogens is 382 g/mol. The Hall–Kier alpha value is -2.65. The second-order valence-electron chi connectivity index (χ2n) is 5.69. The average molecular weight is 402 g/mol. The second-order valence-corrected chi connectivity index (χ2v) is 7.67. The normalized spacial score (nSPS) is 10.6. The predicted octanol–water partition coefficient (Wildman–Crippen LogP) is 2.80. The molecule has 2 aromatic heterocycles. The minimum Gasteiger partial charge on any atom is -0.337 e. The smallest absolute Gasteiger partial charge is 0.321 e. The van der Waals surface area contributed by atoms with Crippen molar-refractivity contribution in [3.05, 3.63) is 58.5 Å². The van der Waals surface area contributed by atoms with Gasteiger partial charge in [0.05, 0.1) is 11.4 Å². The van der Waals surface area contributed by atoms with E-state index < -0.39 is 6.03 Å². The van der Waals surface area contributed by atoms with E-state index in [1.807, 2.05) is 53.3 Å². The number of aryl methyl sites for hydroxylation is 1. The summed E-state index contributed by atoms with van der Waals surface area (Å²) in [6.45, 7) is 2.48. The van der Waals surface area contributed by atoms with E-state index in [1.165, 1.54) is 16.6 Å². The molecule has 0 radical (unpaired) electrons. The number of nitrogens with one attached hydrogen (secondary N) is 2. The van der Waals surface area contributed by atoms with Crippen molar-refractivity contribution in [2.24, 2.45) is 0 Å². The number of benzene rings is 1. The zero-order valence-electron chi connectivity index (χ0n) is 14.7. The molecule has 0 aliphatic heterocycles. The molecule has 0 spiro atoms. The highest BCUT2D eigenvalue weighted by molar-refractivity contribution is 7.99. The molecule has 0 unspecified atom stereocenters. The molecule has 7 nitrogen and oxygen atoms in total. The summed E-state index contributed by atoms with van der Waals surface area (Å²) in [5.74, 6) is -0.309. The fourth-order valence-corrected chi connectivity index (χ4v) is 3.84. The summed E-state index contributed by atoms with van der Waals surface area (Å²) in [5.41, 5.74) is 2.03. The summed E-state index contributed by atoms with van der Waals surface area (Å²) >= 11 is 2.87. The van der Waals surface area contributed by atoms with Gasteiger partial charge in [0.15, 0.2) is 5.16 Å². The van der Waals surface area contributed by atoms with Gasteiger partial charge in [-0.15, -0.1) is 21.5 Å². The molecule has 0 saturated heterocycles. The highest BCUT2D eigenvalue weighted by Crippen LogP contribution is 2.21.